The summed E-state index contributed by atoms with van der Waals surface area (Å²) in [4.78, 5) is 10.2. The first kappa shape index (κ1) is 15.5. The number of hydrogen-bond acceptors (Lipinski definition) is 3. The lowest BCUT2D eigenvalue weighted by Gasteiger charge is -2.14. The van der Waals surface area contributed by atoms with Crippen LogP contribution in [-0.2, 0) is 9.84 Å². The summed E-state index contributed by atoms with van der Waals surface area (Å²) < 4.78 is 59.8. The second-order valence-corrected chi connectivity index (χ2v) is 6.16. The van der Waals surface area contributed by atoms with Crippen LogP contribution in [0.25, 0.3) is 0 Å². The fourth-order valence-electron chi connectivity index (χ4n) is 1.54. The molecule has 0 saturated heterocycles. The van der Waals surface area contributed by atoms with Crippen molar-refractivity contribution >= 4 is 15.7 Å². The van der Waals surface area contributed by atoms with Gasteiger partial charge < -0.3 is 5.73 Å². The van der Waals surface area contributed by atoms with E-state index < -0.39 is 26.1 Å². The minimum Gasteiger partial charge on any atom is -0.366 e. The number of rotatable bonds is 3. The molecule has 0 spiro atoms. The highest BCUT2D eigenvalue weighted by molar-refractivity contribution is 7.92. The summed E-state index contributed by atoms with van der Waals surface area (Å²) in [5.74, 6) is -1.16. The van der Waals surface area contributed by atoms with Crippen LogP contribution < -0.4 is 5.73 Å². The van der Waals surface area contributed by atoms with E-state index in [1.165, 1.54) is 0 Å². The predicted molar refractivity (Wildman–Crippen MR) is 62.3 cm³/mol. The lowest BCUT2D eigenvalue weighted by atomic mass is 9.97. The van der Waals surface area contributed by atoms with Crippen molar-refractivity contribution in [2.24, 2.45) is 5.73 Å². The zero-order valence-corrected chi connectivity index (χ0v) is 11.0. The molecule has 0 radical (unpaired) electrons. The average molecular weight is 295 g/mol. The number of carbonyl (C=O) groups excluding carboxylic acids is 1. The van der Waals surface area contributed by atoms with E-state index in [1.54, 1.807) is 13.8 Å². The molecule has 0 heterocycles. The number of sulfone groups is 1. The number of hydrogen-bond donors (Lipinski definition) is 1. The molecule has 8 heteroatoms. The van der Waals surface area contributed by atoms with E-state index in [4.69, 9.17) is 5.73 Å². The van der Waals surface area contributed by atoms with Crippen LogP contribution in [0.5, 0.6) is 0 Å². The summed E-state index contributed by atoms with van der Waals surface area (Å²) in [7, 11) is -5.43. The largest absolute Gasteiger partial charge is 0.501 e. The van der Waals surface area contributed by atoms with Gasteiger partial charge in [0.15, 0.2) is 0 Å². The summed E-state index contributed by atoms with van der Waals surface area (Å²) in [6.45, 7) is 3.23. The third kappa shape index (κ3) is 2.89. The van der Waals surface area contributed by atoms with Gasteiger partial charge in [-0.15, -0.1) is 0 Å². The Bertz CT molecular complexity index is 606. The number of nitrogens with two attached hydrogens (primary N) is 1. The molecule has 1 rings (SSSR count). The van der Waals surface area contributed by atoms with Gasteiger partial charge in [0.1, 0.15) is 0 Å². The summed E-state index contributed by atoms with van der Waals surface area (Å²) in [5.41, 5.74) is -0.118. The molecule has 0 atom stereocenters. The smallest absolute Gasteiger partial charge is 0.366 e. The molecule has 2 N–H and O–H groups in total. The van der Waals surface area contributed by atoms with Crippen LogP contribution in [-0.4, -0.2) is 19.8 Å². The van der Waals surface area contributed by atoms with E-state index in [-0.39, 0.29) is 17.0 Å². The Labute approximate surface area is 108 Å². The maximum atomic E-state index is 12.4. The molecule has 0 aliphatic carbocycles. The van der Waals surface area contributed by atoms with Crippen molar-refractivity contribution in [1.29, 1.82) is 0 Å². The van der Waals surface area contributed by atoms with Crippen LogP contribution >= 0.6 is 0 Å². The molecule has 0 aliphatic heterocycles. The van der Waals surface area contributed by atoms with Crippen molar-refractivity contribution in [3.05, 3.63) is 29.3 Å². The molecule has 1 amide bonds. The molecule has 0 aliphatic rings. The molecular weight excluding hydrogens is 283 g/mol. The van der Waals surface area contributed by atoms with E-state index >= 15 is 0 Å². The highest BCUT2D eigenvalue weighted by Gasteiger charge is 2.47. The Hall–Kier alpha value is -1.57. The first-order chi connectivity index (χ1) is 8.48. The molecule has 0 saturated carbocycles. The van der Waals surface area contributed by atoms with E-state index in [1.807, 2.05) is 0 Å². The zero-order chi connectivity index (χ0) is 15.0. The van der Waals surface area contributed by atoms with Gasteiger partial charge in [0, 0.05) is 5.56 Å². The number of carbonyl (C=O) groups is 1. The molecule has 0 fully saturated rings. The lowest BCUT2D eigenvalue weighted by molar-refractivity contribution is -0.0436. The maximum absolute atomic E-state index is 12.4. The highest BCUT2D eigenvalue weighted by atomic mass is 32.2. The van der Waals surface area contributed by atoms with Gasteiger partial charge >= 0.3 is 5.51 Å². The molecule has 0 bridgehead atoms. The SMILES string of the molecule is CC(C)c1cc(S(=O)(=O)C(F)(F)F)ccc1C(N)=O. The van der Waals surface area contributed by atoms with Crippen molar-refractivity contribution in [3.8, 4) is 0 Å². The van der Waals surface area contributed by atoms with Crippen LogP contribution in [0.3, 0.4) is 0 Å². The Balaban J connectivity index is 3.52. The molecule has 0 unspecified atom stereocenters. The van der Waals surface area contributed by atoms with Crippen LogP contribution in [0.4, 0.5) is 13.2 Å². The van der Waals surface area contributed by atoms with Crippen molar-refractivity contribution < 1.29 is 26.4 Å². The van der Waals surface area contributed by atoms with Gasteiger partial charge in [-0.25, -0.2) is 8.42 Å². The standard InChI is InChI=1S/C11H12F3NO3S/c1-6(2)9-5-7(3-4-8(9)10(15)16)19(17,18)11(12,13)14/h3-6H,1-2H3,(H2,15,16). The zero-order valence-electron chi connectivity index (χ0n) is 10.2. The number of alkyl halides is 3. The minimum atomic E-state index is -5.43. The first-order valence-corrected chi connectivity index (χ1v) is 6.72. The summed E-state index contributed by atoms with van der Waals surface area (Å²) in [5, 5.41) is 0. The number of primary amides is 1. The Morgan fingerprint density at radius 1 is 1.26 bits per heavy atom. The molecule has 4 nitrogen and oxygen atoms in total. The Morgan fingerprint density at radius 2 is 1.79 bits per heavy atom. The lowest BCUT2D eigenvalue weighted by Crippen LogP contribution is -2.24. The Kier molecular flexibility index (Phi) is 3.94. The topological polar surface area (TPSA) is 77.2 Å². The van der Waals surface area contributed by atoms with E-state index in [0.717, 1.165) is 18.2 Å². The fraction of sp³-hybridized carbons (Fsp3) is 0.364. The third-order valence-corrected chi connectivity index (χ3v) is 4.01. The van der Waals surface area contributed by atoms with Gasteiger partial charge in [0.25, 0.3) is 9.84 Å². The minimum absolute atomic E-state index is 0.0103. The monoisotopic (exact) mass is 295 g/mol. The summed E-state index contributed by atoms with van der Waals surface area (Å²) in [6.07, 6.45) is 0. The second kappa shape index (κ2) is 4.84. The van der Waals surface area contributed by atoms with Gasteiger partial charge in [-0.3, -0.25) is 4.79 Å². The summed E-state index contributed by atoms with van der Waals surface area (Å²) in [6, 6.07) is 2.57. The van der Waals surface area contributed by atoms with Crippen molar-refractivity contribution in [1.82, 2.24) is 0 Å². The first-order valence-electron chi connectivity index (χ1n) is 5.23. The normalized spacial score (nSPS) is 12.7. The maximum Gasteiger partial charge on any atom is 0.501 e. The third-order valence-electron chi connectivity index (χ3n) is 2.53. The number of halogens is 3. The van der Waals surface area contributed by atoms with E-state index in [2.05, 4.69) is 0 Å². The van der Waals surface area contributed by atoms with Gasteiger partial charge in [-0.1, -0.05) is 13.8 Å². The number of amides is 1. The molecule has 19 heavy (non-hydrogen) atoms. The van der Waals surface area contributed by atoms with E-state index in [0.29, 0.717) is 0 Å². The van der Waals surface area contributed by atoms with Crippen LogP contribution in [0.1, 0.15) is 35.7 Å². The van der Waals surface area contributed by atoms with Crippen molar-refractivity contribution in [3.63, 3.8) is 0 Å². The molecule has 1 aromatic carbocycles. The van der Waals surface area contributed by atoms with E-state index in [9.17, 15) is 26.4 Å². The molecular formula is C11H12F3NO3S. The quantitative estimate of drug-likeness (QED) is 0.928. The Morgan fingerprint density at radius 3 is 2.16 bits per heavy atom. The van der Waals surface area contributed by atoms with Crippen molar-refractivity contribution in [2.75, 3.05) is 0 Å². The van der Waals surface area contributed by atoms with Crippen molar-refractivity contribution in [2.45, 2.75) is 30.2 Å². The van der Waals surface area contributed by atoms with Gasteiger partial charge in [0.2, 0.25) is 5.91 Å². The van der Waals surface area contributed by atoms with Gasteiger partial charge in [-0.2, -0.15) is 13.2 Å². The average Bonchev–Trinajstić information content (AvgIpc) is 2.26. The van der Waals surface area contributed by atoms with Crippen LogP contribution in [0.2, 0.25) is 0 Å². The fourth-order valence-corrected chi connectivity index (χ4v) is 2.34. The number of benzene rings is 1. The second-order valence-electron chi connectivity index (χ2n) is 4.22. The highest BCUT2D eigenvalue weighted by Crippen LogP contribution is 2.32. The van der Waals surface area contributed by atoms with Gasteiger partial charge in [0.05, 0.1) is 4.90 Å². The summed E-state index contributed by atoms with van der Waals surface area (Å²) >= 11 is 0. The van der Waals surface area contributed by atoms with Crippen LogP contribution in [0, 0.1) is 0 Å². The molecule has 0 aromatic heterocycles. The van der Waals surface area contributed by atoms with Crippen LogP contribution in [0.15, 0.2) is 23.1 Å². The van der Waals surface area contributed by atoms with Gasteiger partial charge in [-0.05, 0) is 29.7 Å². The predicted octanol–water partition coefficient (Wildman–Crippen LogP) is 2.20. The molecule has 106 valence electrons. The molecule has 1 aromatic rings.